The zero-order valence-electron chi connectivity index (χ0n) is 12.1. The zero-order valence-corrected chi connectivity index (χ0v) is 12.9. The third-order valence-corrected chi connectivity index (χ3v) is 3.28. The van der Waals surface area contributed by atoms with Crippen LogP contribution >= 0.6 is 11.8 Å². The summed E-state index contributed by atoms with van der Waals surface area (Å²) in [5.74, 6) is 0.804. The van der Waals surface area contributed by atoms with Gasteiger partial charge in [0.05, 0.1) is 12.8 Å². The predicted molar refractivity (Wildman–Crippen MR) is 83.4 cm³/mol. The SMILES string of the molecule is CCOc1ccc(/C=N\n2c(SC)nnc(C)c2=O)cc1. The quantitative estimate of drug-likeness (QED) is 0.624. The van der Waals surface area contributed by atoms with E-state index < -0.39 is 0 Å². The van der Waals surface area contributed by atoms with Gasteiger partial charge in [0, 0.05) is 0 Å². The van der Waals surface area contributed by atoms with Crippen molar-refractivity contribution in [2.24, 2.45) is 5.10 Å². The first kappa shape index (κ1) is 15.2. The molecular weight excluding hydrogens is 288 g/mol. The van der Waals surface area contributed by atoms with Crippen LogP contribution in [0.5, 0.6) is 5.75 Å². The molecule has 6 nitrogen and oxygen atoms in total. The minimum absolute atomic E-state index is 0.267. The van der Waals surface area contributed by atoms with Gasteiger partial charge < -0.3 is 4.74 Å². The minimum atomic E-state index is -0.267. The van der Waals surface area contributed by atoms with Crippen molar-refractivity contribution in [2.45, 2.75) is 19.0 Å². The monoisotopic (exact) mass is 304 g/mol. The number of nitrogens with zero attached hydrogens (tertiary/aromatic N) is 4. The molecule has 7 heteroatoms. The lowest BCUT2D eigenvalue weighted by atomic mass is 10.2. The highest BCUT2D eigenvalue weighted by Crippen LogP contribution is 2.11. The molecule has 0 aliphatic rings. The molecule has 0 bridgehead atoms. The number of hydrogen-bond donors (Lipinski definition) is 0. The van der Waals surface area contributed by atoms with Crippen molar-refractivity contribution in [1.29, 1.82) is 0 Å². The maximum atomic E-state index is 12.0. The first-order valence-electron chi connectivity index (χ1n) is 6.43. The number of hydrogen-bond acceptors (Lipinski definition) is 6. The maximum absolute atomic E-state index is 12.0. The molecular formula is C14H16N4O2S. The topological polar surface area (TPSA) is 69.4 Å². The van der Waals surface area contributed by atoms with Crippen LogP contribution in [0.3, 0.4) is 0 Å². The lowest BCUT2D eigenvalue weighted by Gasteiger charge is -2.04. The van der Waals surface area contributed by atoms with Crippen molar-refractivity contribution >= 4 is 18.0 Å². The van der Waals surface area contributed by atoms with Gasteiger partial charge in [-0.3, -0.25) is 4.79 Å². The van der Waals surface area contributed by atoms with Crippen molar-refractivity contribution in [3.63, 3.8) is 0 Å². The number of aromatic nitrogens is 3. The van der Waals surface area contributed by atoms with Crippen molar-refractivity contribution in [2.75, 3.05) is 12.9 Å². The Morgan fingerprint density at radius 3 is 2.67 bits per heavy atom. The van der Waals surface area contributed by atoms with Crippen LogP contribution in [0.1, 0.15) is 18.2 Å². The molecule has 0 fully saturated rings. The number of thioether (sulfide) groups is 1. The van der Waals surface area contributed by atoms with Gasteiger partial charge in [0.1, 0.15) is 11.4 Å². The second-order valence-corrected chi connectivity index (χ2v) is 4.91. The molecule has 1 aromatic heterocycles. The fourth-order valence-electron chi connectivity index (χ4n) is 1.61. The Labute approximate surface area is 126 Å². The molecule has 2 rings (SSSR count). The van der Waals surface area contributed by atoms with Crippen molar-refractivity contribution in [1.82, 2.24) is 14.9 Å². The molecule has 0 aliphatic heterocycles. The van der Waals surface area contributed by atoms with Crippen LogP contribution in [0.15, 0.2) is 39.3 Å². The van der Waals surface area contributed by atoms with Crippen LogP contribution in [-0.4, -0.2) is 34.0 Å². The summed E-state index contributed by atoms with van der Waals surface area (Å²) >= 11 is 1.32. The summed E-state index contributed by atoms with van der Waals surface area (Å²) in [5, 5.41) is 12.4. The van der Waals surface area contributed by atoms with E-state index in [1.165, 1.54) is 16.4 Å². The minimum Gasteiger partial charge on any atom is -0.494 e. The van der Waals surface area contributed by atoms with E-state index in [0.29, 0.717) is 17.5 Å². The normalized spacial score (nSPS) is 11.0. The fraction of sp³-hybridized carbons (Fsp3) is 0.286. The van der Waals surface area contributed by atoms with E-state index in [1.807, 2.05) is 37.4 Å². The van der Waals surface area contributed by atoms with Gasteiger partial charge >= 0.3 is 0 Å². The van der Waals surface area contributed by atoms with E-state index in [4.69, 9.17) is 4.74 Å². The van der Waals surface area contributed by atoms with Crippen LogP contribution in [-0.2, 0) is 0 Å². The van der Waals surface area contributed by atoms with Crippen LogP contribution in [0.25, 0.3) is 0 Å². The Morgan fingerprint density at radius 1 is 1.33 bits per heavy atom. The Bertz CT molecular complexity index is 695. The van der Waals surface area contributed by atoms with Gasteiger partial charge in [0.2, 0.25) is 5.16 Å². The Hall–Kier alpha value is -2.15. The average Bonchev–Trinajstić information content (AvgIpc) is 2.50. The molecule has 1 heterocycles. The first-order chi connectivity index (χ1) is 10.2. The smallest absolute Gasteiger partial charge is 0.296 e. The van der Waals surface area contributed by atoms with Crippen molar-refractivity contribution in [3.8, 4) is 5.75 Å². The van der Waals surface area contributed by atoms with E-state index in [2.05, 4.69) is 15.3 Å². The first-order valence-corrected chi connectivity index (χ1v) is 7.65. The van der Waals surface area contributed by atoms with Gasteiger partial charge in [-0.2, -0.15) is 9.78 Å². The highest BCUT2D eigenvalue weighted by Gasteiger charge is 2.06. The van der Waals surface area contributed by atoms with Gasteiger partial charge in [-0.1, -0.05) is 11.8 Å². The molecule has 0 saturated heterocycles. The molecule has 1 aromatic carbocycles. The largest absolute Gasteiger partial charge is 0.494 e. The predicted octanol–water partition coefficient (Wildman–Crippen LogP) is 1.95. The molecule has 0 unspecified atom stereocenters. The number of benzene rings is 1. The second-order valence-electron chi connectivity index (χ2n) is 4.14. The summed E-state index contributed by atoms with van der Waals surface area (Å²) in [4.78, 5) is 12.0. The molecule has 0 spiro atoms. The van der Waals surface area contributed by atoms with Crippen LogP contribution in [0.2, 0.25) is 0 Å². The molecule has 0 radical (unpaired) electrons. The van der Waals surface area contributed by atoms with Gasteiger partial charge in [0.25, 0.3) is 5.56 Å². The Morgan fingerprint density at radius 2 is 2.05 bits per heavy atom. The van der Waals surface area contributed by atoms with E-state index in [9.17, 15) is 4.79 Å². The Kier molecular flexibility index (Phi) is 5.10. The maximum Gasteiger partial charge on any atom is 0.296 e. The molecule has 0 aliphatic carbocycles. The Balaban J connectivity index is 2.29. The van der Waals surface area contributed by atoms with Gasteiger partial charge in [-0.25, -0.2) is 0 Å². The molecule has 0 N–H and O–H groups in total. The molecule has 110 valence electrons. The summed E-state index contributed by atoms with van der Waals surface area (Å²) in [5.41, 5.74) is 0.917. The van der Waals surface area contributed by atoms with E-state index >= 15 is 0 Å². The zero-order chi connectivity index (χ0) is 15.2. The molecule has 0 saturated carbocycles. The van der Waals surface area contributed by atoms with Crippen molar-refractivity contribution < 1.29 is 4.74 Å². The highest BCUT2D eigenvalue weighted by molar-refractivity contribution is 7.98. The lowest BCUT2D eigenvalue weighted by Crippen LogP contribution is -2.23. The molecule has 2 aromatic rings. The van der Waals surface area contributed by atoms with Crippen LogP contribution in [0.4, 0.5) is 0 Å². The van der Waals surface area contributed by atoms with Crippen molar-refractivity contribution in [3.05, 3.63) is 45.9 Å². The van der Waals surface area contributed by atoms with E-state index in [1.54, 1.807) is 13.1 Å². The molecule has 0 amide bonds. The van der Waals surface area contributed by atoms with E-state index in [-0.39, 0.29) is 5.56 Å². The summed E-state index contributed by atoms with van der Waals surface area (Å²) in [6, 6.07) is 7.47. The van der Waals surface area contributed by atoms with Gasteiger partial charge in [-0.15, -0.1) is 10.2 Å². The number of aryl methyl sites for hydroxylation is 1. The highest BCUT2D eigenvalue weighted by atomic mass is 32.2. The average molecular weight is 304 g/mol. The summed E-state index contributed by atoms with van der Waals surface area (Å²) in [6.07, 6.45) is 3.43. The fourth-order valence-corrected chi connectivity index (χ4v) is 2.04. The lowest BCUT2D eigenvalue weighted by molar-refractivity contribution is 0.340. The summed E-state index contributed by atoms with van der Waals surface area (Å²) < 4.78 is 6.63. The van der Waals surface area contributed by atoms with Gasteiger partial charge in [0.15, 0.2) is 0 Å². The molecule has 21 heavy (non-hydrogen) atoms. The van der Waals surface area contributed by atoms with Gasteiger partial charge in [-0.05, 0) is 49.9 Å². The summed E-state index contributed by atoms with van der Waals surface area (Å²) in [6.45, 7) is 4.18. The standard InChI is InChI=1S/C14H16N4O2S/c1-4-20-12-7-5-11(6-8-12)9-15-18-13(19)10(2)16-17-14(18)21-3/h5-9H,4H2,1-3H3/b15-9-. The second kappa shape index (κ2) is 7.03. The number of rotatable bonds is 5. The third-order valence-electron chi connectivity index (χ3n) is 2.66. The molecule has 0 atom stereocenters. The third kappa shape index (κ3) is 3.69. The van der Waals surface area contributed by atoms with Crippen LogP contribution in [0, 0.1) is 6.92 Å². The van der Waals surface area contributed by atoms with Crippen LogP contribution < -0.4 is 10.3 Å². The summed E-state index contributed by atoms with van der Waals surface area (Å²) in [7, 11) is 0. The number of ether oxygens (including phenoxy) is 1. The van der Waals surface area contributed by atoms with E-state index in [0.717, 1.165) is 11.3 Å².